The zero-order valence-electron chi connectivity index (χ0n) is 14.3. The lowest BCUT2D eigenvalue weighted by Crippen LogP contribution is -2.38. The van der Waals surface area contributed by atoms with Gasteiger partial charge in [0, 0.05) is 13.5 Å². The van der Waals surface area contributed by atoms with Crippen molar-refractivity contribution in [2.75, 3.05) is 13.7 Å². The molecule has 0 aromatic carbocycles. The summed E-state index contributed by atoms with van der Waals surface area (Å²) in [6.45, 7) is 4.47. The number of ether oxygens (including phenoxy) is 1. The number of nitrogens with zero attached hydrogens (tertiary/aromatic N) is 4. The van der Waals surface area contributed by atoms with Crippen LogP contribution in [0.15, 0.2) is 9.32 Å². The van der Waals surface area contributed by atoms with Crippen LogP contribution in [0.4, 0.5) is 4.79 Å². The highest BCUT2D eigenvalue weighted by atomic mass is 16.5. The monoisotopic (exact) mass is 348 g/mol. The van der Waals surface area contributed by atoms with E-state index in [1.165, 1.54) is 4.90 Å². The third-order valence-electron chi connectivity index (χ3n) is 3.92. The lowest BCUT2D eigenvalue weighted by atomic mass is 10.3. The molecule has 2 aromatic heterocycles. The van der Waals surface area contributed by atoms with Gasteiger partial charge in [-0.2, -0.15) is 4.98 Å². The molecule has 0 saturated heterocycles. The number of carbonyl (C=O) groups excluding carboxylic acids is 1. The number of fused-ring (bicyclic) bond motifs is 1. The molecule has 10 heteroatoms. The van der Waals surface area contributed by atoms with E-state index in [1.807, 2.05) is 0 Å². The molecule has 0 bridgehead atoms. The minimum absolute atomic E-state index is 0.203. The molecule has 3 rings (SSSR count). The summed E-state index contributed by atoms with van der Waals surface area (Å²) in [5, 5.41) is 6.64. The number of urea groups is 1. The van der Waals surface area contributed by atoms with E-state index >= 15 is 0 Å². The maximum Gasteiger partial charge on any atom is 0.318 e. The maximum absolute atomic E-state index is 12.4. The van der Waals surface area contributed by atoms with Gasteiger partial charge in [0.2, 0.25) is 5.89 Å². The van der Waals surface area contributed by atoms with Gasteiger partial charge in [-0.25, -0.2) is 9.78 Å². The van der Waals surface area contributed by atoms with Gasteiger partial charge in [-0.15, -0.1) is 0 Å². The SMILES string of the molecule is COCCc1noc(C(C)NC(=O)N2Cc3nc(C)[nH]c(=O)c3C2)n1. The average Bonchev–Trinajstić information content (AvgIpc) is 3.19. The summed E-state index contributed by atoms with van der Waals surface area (Å²) in [6.07, 6.45) is 0.538. The van der Waals surface area contributed by atoms with Crippen molar-refractivity contribution in [1.82, 2.24) is 30.3 Å². The molecule has 0 saturated carbocycles. The molecule has 0 radical (unpaired) electrons. The largest absolute Gasteiger partial charge is 0.384 e. The van der Waals surface area contributed by atoms with Crippen LogP contribution in [0.25, 0.3) is 0 Å². The second-order valence-corrected chi connectivity index (χ2v) is 5.90. The first-order chi connectivity index (χ1) is 12.0. The van der Waals surface area contributed by atoms with Crippen LogP contribution in [-0.4, -0.2) is 44.8 Å². The van der Waals surface area contributed by atoms with Gasteiger partial charge < -0.3 is 24.5 Å². The van der Waals surface area contributed by atoms with E-state index in [2.05, 4.69) is 25.4 Å². The van der Waals surface area contributed by atoms with Crippen molar-refractivity contribution >= 4 is 6.03 Å². The normalized spacial score (nSPS) is 14.4. The highest BCUT2D eigenvalue weighted by Gasteiger charge is 2.28. The molecule has 1 atom stereocenters. The van der Waals surface area contributed by atoms with Crippen molar-refractivity contribution in [2.24, 2.45) is 0 Å². The van der Waals surface area contributed by atoms with Crippen molar-refractivity contribution < 1.29 is 14.1 Å². The van der Waals surface area contributed by atoms with Crippen LogP contribution in [0, 0.1) is 6.92 Å². The fraction of sp³-hybridized carbons (Fsp3) is 0.533. The van der Waals surface area contributed by atoms with Gasteiger partial charge in [-0.3, -0.25) is 4.79 Å². The smallest absolute Gasteiger partial charge is 0.318 e. The summed E-state index contributed by atoms with van der Waals surface area (Å²) in [5.74, 6) is 1.38. The van der Waals surface area contributed by atoms with Gasteiger partial charge >= 0.3 is 6.03 Å². The molecule has 2 N–H and O–H groups in total. The first-order valence-electron chi connectivity index (χ1n) is 7.93. The molecule has 3 heterocycles. The molecular weight excluding hydrogens is 328 g/mol. The number of rotatable bonds is 5. The number of nitrogens with one attached hydrogen (secondary N) is 2. The van der Waals surface area contributed by atoms with Gasteiger partial charge in [-0.05, 0) is 13.8 Å². The second-order valence-electron chi connectivity index (χ2n) is 5.90. The summed E-state index contributed by atoms with van der Waals surface area (Å²) in [7, 11) is 1.60. The number of aromatic amines is 1. The van der Waals surface area contributed by atoms with Crippen LogP contribution in [0.1, 0.15) is 41.8 Å². The van der Waals surface area contributed by atoms with Crippen molar-refractivity contribution in [3.8, 4) is 0 Å². The molecule has 2 amide bonds. The number of amides is 2. The Kier molecular flexibility index (Phi) is 4.79. The fourth-order valence-corrected chi connectivity index (χ4v) is 2.61. The molecule has 0 fully saturated rings. The van der Waals surface area contributed by atoms with E-state index in [1.54, 1.807) is 21.0 Å². The Morgan fingerprint density at radius 3 is 3.00 bits per heavy atom. The minimum atomic E-state index is -0.451. The number of methoxy groups -OCH3 is 1. The van der Waals surface area contributed by atoms with Crippen LogP contribution in [0.3, 0.4) is 0 Å². The molecular formula is C15H20N6O4. The Morgan fingerprint density at radius 2 is 2.24 bits per heavy atom. The van der Waals surface area contributed by atoms with Gasteiger partial charge in [0.25, 0.3) is 5.56 Å². The van der Waals surface area contributed by atoms with E-state index in [9.17, 15) is 9.59 Å². The van der Waals surface area contributed by atoms with Crippen molar-refractivity contribution in [3.05, 3.63) is 39.2 Å². The third-order valence-corrected chi connectivity index (χ3v) is 3.92. The Labute approximate surface area is 143 Å². The quantitative estimate of drug-likeness (QED) is 0.802. The van der Waals surface area contributed by atoms with E-state index in [4.69, 9.17) is 9.26 Å². The standard InChI is InChI=1S/C15H20N6O4/c1-8(14-19-12(20-25-14)4-5-24-3)16-15(23)21-6-10-11(7-21)17-9(2)18-13(10)22/h8H,4-7H2,1-3H3,(H,16,23)(H,17,18,22). The number of hydrogen-bond donors (Lipinski definition) is 2. The molecule has 134 valence electrons. The lowest BCUT2D eigenvalue weighted by Gasteiger charge is -2.18. The van der Waals surface area contributed by atoms with E-state index < -0.39 is 6.04 Å². The topological polar surface area (TPSA) is 126 Å². The number of hydrogen-bond acceptors (Lipinski definition) is 7. The van der Waals surface area contributed by atoms with Crippen LogP contribution in [-0.2, 0) is 24.2 Å². The molecule has 0 spiro atoms. The van der Waals surface area contributed by atoms with Crippen LogP contribution < -0.4 is 10.9 Å². The molecule has 25 heavy (non-hydrogen) atoms. The summed E-state index contributed by atoms with van der Waals surface area (Å²) in [5.41, 5.74) is 0.947. The number of aryl methyl sites for hydroxylation is 1. The maximum atomic E-state index is 12.4. The summed E-state index contributed by atoms with van der Waals surface area (Å²) < 4.78 is 10.1. The first-order valence-corrected chi connectivity index (χ1v) is 7.93. The number of carbonyl (C=O) groups is 1. The van der Waals surface area contributed by atoms with Crippen molar-refractivity contribution in [1.29, 1.82) is 0 Å². The molecule has 1 unspecified atom stereocenters. The van der Waals surface area contributed by atoms with Crippen LogP contribution in [0.2, 0.25) is 0 Å². The average molecular weight is 348 g/mol. The minimum Gasteiger partial charge on any atom is -0.384 e. The summed E-state index contributed by atoms with van der Waals surface area (Å²) in [6, 6.07) is -0.771. The van der Waals surface area contributed by atoms with Gasteiger partial charge in [0.05, 0.1) is 31.0 Å². The van der Waals surface area contributed by atoms with Gasteiger partial charge in [0.1, 0.15) is 11.9 Å². The number of aromatic nitrogens is 4. The summed E-state index contributed by atoms with van der Waals surface area (Å²) >= 11 is 0. The Balaban J connectivity index is 1.62. The second kappa shape index (κ2) is 7.01. The molecule has 0 aliphatic carbocycles. The van der Waals surface area contributed by atoms with Gasteiger partial charge in [0.15, 0.2) is 5.82 Å². The summed E-state index contributed by atoms with van der Waals surface area (Å²) in [4.78, 5) is 37.1. The molecule has 1 aliphatic heterocycles. The Hall–Kier alpha value is -2.75. The van der Waals surface area contributed by atoms with Crippen molar-refractivity contribution in [2.45, 2.75) is 39.4 Å². The van der Waals surface area contributed by atoms with Gasteiger partial charge in [-0.1, -0.05) is 5.16 Å². The van der Waals surface area contributed by atoms with E-state index in [0.29, 0.717) is 48.4 Å². The predicted octanol–water partition coefficient (Wildman–Crippen LogP) is 0.437. The zero-order valence-corrected chi connectivity index (χ0v) is 14.3. The molecule has 1 aliphatic rings. The van der Waals surface area contributed by atoms with Crippen LogP contribution in [0.5, 0.6) is 0 Å². The van der Waals surface area contributed by atoms with E-state index in [-0.39, 0.29) is 18.1 Å². The molecule has 10 nitrogen and oxygen atoms in total. The van der Waals surface area contributed by atoms with Crippen LogP contribution >= 0.6 is 0 Å². The fourth-order valence-electron chi connectivity index (χ4n) is 2.61. The zero-order chi connectivity index (χ0) is 18.0. The Morgan fingerprint density at radius 1 is 1.44 bits per heavy atom. The third kappa shape index (κ3) is 3.68. The predicted molar refractivity (Wildman–Crippen MR) is 85.7 cm³/mol. The van der Waals surface area contributed by atoms with E-state index in [0.717, 1.165) is 0 Å². The lowest BCUT2D eigenvalue weighted by molar-refractivity contribution is 0.191. The Bertz CT molecular complexity index is 830. The highest BCUT2D eigenvalue weighted by Crippen LogP contribution is 2.19. The van der Waals surface area contributed by atoms with Crippen molar-refractivity contribution in [3.63, 3.8) is 0 Å². The number of H-pyrrole nitrogens is 1. The molecule has 2 aromatic rings. The highest BCUT2D eigenvalue weighted by molar-refractivity contribution is 5.75. The first kappa shape index (κ1) is 17.1.